The molecule has 0 amide bonds. The van der Waals surface area contributed by atoms with E-state index >= 15 is 0 Å². The molecule has 0 unspecified atom stereocenters. The minimum Gasteiger partial charge on any atom is -0.207 e. The molecule has 128 valence electrons. The summed E-state index contributed by atoms with van der Waals surface area (Å²) in [7, 11) is -3.90. The van der Waals surface area contributed by atoms with Crippen LogP contribution in [-0.2, 0) is 10.0 Å². The molecule has 2 aromatic rings. The third kappa shape index (κ3) is 3.48. The molecule has 1 heterocycles. The van der Waals surface area contributed by atoms with E-state index in [4.69, 9.17) is 11.6 Å². The maximum atomic E-state index is 14.1. The Morgan fingerprint density at radius 1 is 1.00 bits per heavy atom. The monoisotopic (exact) mass is 367 g/mol. The number of halogens is 2. The Bertz CT molecular complexity index is 808. The van der Waals surface area contributed by atoms with Crippen molar-refractivity contribution >= 4 is 21.6 Å². The molecule has 0 spiro atoms. The SMILES string of the molecule is O=S(=O)(c1ccccc1F)N1CCCCC[C@H]1c1ccc(Cl)cc1. The minimum atomic E-state index is -3.90. The highest BCUT2D eigenvalue weighted by Crippen LogP contribution is 2.35. The van der Waals surface area contributed by atoms with E-state index in [-0.39, 0.29) is 10.9 Å². The van der Waals surface area contributed by atoms with E-state index in [0.29, 0.717) is 11.6 Å². The van der Waals surface area contributed by atoms with Gasteiger partial charge in [0.25, 0.3) is 0 Å². The van der Waals surface area contributed by atoms with Crippen molar-refractivity contribution in [1.29, 1.82) is 0 Å². The summed E-state index contributed by atoms with van der Waals surface area (Å²) < 4.78 is 41.7. The number of nitrogens with zero attached hydrogens (tertiary/aromatic N) is 1. The van der Waals surface area contributed by atoms with Crippen molar-refractivity contribution in [3.05, 3.63) is 64.9 Å². The van der Waals surface area contributed by atoms with E-state index in [1.807, 2.05) is 12.1 Å². The second-order valence-corrected chi connectivity index (χ2v) is 8.26. The molecule has 0 aromatic heterocycles. The average Bonchev–Trinajstić information content (AvgIpc) is 2.82. The van der Waals surface area contributed by atoms with Crippen molar-refractivity contribution < 1.29 is 12.8 Å². The van der Waals surface area contributed by atoms with Gasteiger partial charge in [0.1, 0.15) is 10.7 Å². The van der Waals surface area contributed by atoms with Gasteiger partial charge in [-0.05, 0) is 42.7 Å². The van der Waals surface area contributed by atoms with Crippen molar-refractivity contribution in [2.45, 2.75) is 36.6 Å². The van der Waals surface area contributed by atoms with Crippen LogP contribution in [0.15, 0.2) is 53.4 Å². The van der Waals surface area contributed by atoms with E-state index in [2.05, 4.69) is 0 Å². The van der Waals surface area contributed by atoms with Crippen LogP contribution in [0.4, 0.5) is 4.39 Å². The molecule has 1 atom stereocenters. The van der Waals surface area contributed by atoms with Crippen LogP contribution in [0.2, 0.25) is 5.02 Å². The van der Waals surface area contributed by atoms with Gasteiger partial charge in [0.05, 0.1) is 6.04 Å². The first-order valence-corrected chi connectivity index (χ1v) is 9.84. The van der Waals surface area contributed by atoms with Crippen LogP contribution in [0.1, 0.15) is 37.3 Å². The zero-order valence-electron chi connectivity index (χ0n) is 13.2. The van der Waals surface area contributed by atoms with Crippen LogP contribution in [0, 0.1) is 5.82 Å². The zero-order chi connectivity index (χ0) is 17.2. The van der Waals surface area contributed by atoms with Gasteiger partial charge in [-0.3, -0.25) is 0 Å². The Morgan fingerprint density at radius 2 is 1.71 bits per heavy atom. The quantitative estimate of drug-likeness (QED) is 0.782. The average molecular weight is 368 g/mol. The van der Waals surface area contributed by atoms with Crippen molar-refractivity contribution in [2.75, 3.05) is 6.54 Å². The lowest BCUT2D eigenvalue weighted by Crippen LogP contribution is -2.35. The Labute approximate surface area is 147 Å². The molecule has 1 aliphatic rings. The third-order valence-corrected chi connectivity index (χ3v) is 6.58. The Morgan fingerprint density at radius 3 is 2.42 bits per heavy atom. The second-order valence-electron chi connectivity index (χ2n) is 5.96. The molecule has 0 saturated carbocycles. The lowest BCUT2D eigenvalue weighted by molar-refractivity contribution is 0.327. The van der Waals surface area contributed by atoms with E-state index < -0.39 is 15.8 Å². The van der Waals surface area contributed by atoms with Crippen molar-refractivity contribution in [3.8, 4) is 0 Å². The molecular formula is C18H19ClFNO2S. The number of hydrogen-bond acceptors (Lipinski definition) is 2. The van der Waals surface area contributed by atoms with Crippen LogP contribution in [0.5, 0.6) is 0 Å². The standard InChI is InChI=1S/C18H19ClFNO2S/c19-15-11-9-14(10-12-15)17-7-2-1-5-13-21(17)24(22,23)18-8-4-3-6-16(18)20/h3-4,6,8-12,17H,1-2,5,7,13H2/t17-/m0/s1. The zero-order valence-corrected chi connectivity index (χ0v) is 14.7. The summed E-state index contributed by atoms with van der Waals surface area (Å²) in [5.74, 6) is -0.711. The molecule has 1 fully saturated rings. The minimum absolute atomic E-state index is 0.258. The van der Waals surface area contributed by atoms with Gasteiger partial charge in [-0.25, -0.2) is 12.8 Å². The van der Waals surface area contributed by atoms with Crippen LogP contribution >= 0.6 is 11.6 Å². The van der Waals surface area contributed by atoms with Gasteiger partial charge in [0.2, 0.25) is 10.0 Å². The fourth-order valence-electron chi connectivity index (χ4n) is 3.17. The highest BCUT2D eigenvalue weighted by atomic mass is 35.5. The lowest BCUT2D eigenvalue weighted by Gasteiger charge is -2.29. The topological polar surface area (TPSA) is 37.4 Å². The van der Waals surface area contributed by atoms with Gasteiger partial charge in [0.15, 0.2) is 0 Å². The maximum Gasteiger partial charge on any atom is 0.246 e. The lowest BCUT2D eigenvalue weighted by atomic mass is 10.0. The molecule has 0 N–H and O–H groups in total. The van der Waals surface area contributed by atoms with Gasteiger partial charge in [-0.15, -0.1) is 0 Å². The highest BCUT2D eigenvalue weighted by molar-refractivity contribution is 7.89. The molecule has 1 aliphatic heterocycles. The molecule has 2 aromatic carbocycles. The molecule has 0 radical (unpaired) electrons. The highest BCUT2D eigenvalue weighted by Gasteiger charge is 2.34. The molecule has 6 heteroatoms. The first-order chi connectivity index (χ1) is 11.5. The summed E-state index contributed by atoms with van der Waals surface area (Å²) in [6, 6.07) is 12.5. The summed E-state index contributed by atoms with van der Waals surface area (Å²) in [4.78, 5) is -0.258. The Balaban J connectivity index is 2.04. The largest absolute Gasteiger partial charge is 0.246 e. The summed E-state index contributed by atoms with van der Waals surface area (Å²) >= 11 is 5.94. The van der Waals surface area contributed by atoms with Gasteiger partial charge < -0.3 is 0 Å². The van der Waals surface area contributed by atoms with Crippen LogP contribution in [0.25, 0.3) is 0 Å². The number of benzene rings is 2. The van der Waals surface area contributed by atoms with E-state index in [9.17, 15) is 12.8 Å². The summed E-state index contributed by atoms with van der Waals surface area (Å²) in [5.41, 5.74) is 0.890. The second kappa shape index (κ2) is 7.21. The summed E-state index contributed by atoms with van der Waals surface area (Å²) in [6.45, 7) is 0.393. The van der Waals surface area contributed by atoms with E-state index in [1.165, 1.54) is 22.5 Å². The summed E-state index contributed by atoms with van der Waals surface area (Å²) in [6.07, 6.45) is 3.40. The van der Waals surface area contributed by atoms with Crippen molar-refractivity contribution in [1.82, 2.24) is 4.31 Å². The van der Waals surface area contributed by atoms with E-state index in [0.717, 1.165) is 31.2 Å². The van der Waals surface area contributed by atoms with Crippen LogP contribution in [-0.4, -0.2) is 19.3 Å². The van der Waals surface area contributed by atoms with Gasteiger partial charge in [-0.2, -0.15) is 4.31 Å². The van der Waals surface area contributed by atoms with Crippen LogP contribution in [0.3, 0.4) is 0 Å². The Kier molecular flexibility index (Phi) is 5.23. The fourth-order valence-corrected chi connectivity index (χ4v) is 5.04. The number of rotatable bonds is 3. The number of hydrogen-bond donors (Lipinski definition) is 0. The third-order valence-electron chi connectivity index (χ3n) is 4.38. The smallest absolute Gasteiger partial charge is 0.207 e. The predicted octanol–water partition coefficient (Wildman–Crippen LogP) is 4.79. The molecule has 1 saturated heterocycles. The fraction of sp³-hybridized carbons (Fsp3) is 0.333. The molecule has 0 aliphatic carbocycles. The Hall–Kier alpha value is -1.43. The number of sulfonamides is 1. The van der Waals surface area contributed by atoms with Gasteiger partial charge in [0, 0.05) is 11.6 Å². The predicted molar refractivity (Wildman–Crippen MR) is 93.0 cm³/mol. The molecule has 3 rings (SSSR count). The molecule has 24 heavy (non-hydrogen) atoms. The normalized spacial score (nSPS) is 19.8. The summed E-state index contributed by atoms with van der Waals surface area (Å²) in [5, 5.41) is 0.607. The van der Waals surface area contributed by atoms with Gasteiger partial charge in [-0.1, -0.05) is 48.7 Å². The van der Waals surface area contributed by atoms with Gasteiger partial charge >= 0.3 is 0 Å². The first kappa shape index (κ1) is 17.4. The first-order valence-electron chi connectivity index (χ1n) is 8.02. The van der Waals surface area contributed by atoms with Crippen molar-refractivity contribution in [2.24, 2.45) is 0 Å². The molecule has 0 bridgehead atoms. The van der Waals surface area contributed by atoms with Crippen LogP contribution < -0.4 is 0 Å². The molecule has 3 nitrogen and oxygen atoms in total. The van der Waals surface area contributed by atoms with Crippen molar-refractivity contribution in [3.63, 3.8) is 0 Å². The molecular weight excluding hydrogens is 349 g/mol. The van der Waals surface area contributed by atoms with E-state index in [1.54, 1.807) is 18.2 Å². The maximum absolute atomic E-state index is 14.1.